The van der Waals surface area contributed by atoms with Gasteiger partial charge in [0.15, 0.2) is 6.29 Å². The molecule has 0 radical (unpaired) electrons. The summed E-state index contributed by atoms with van der Waals surface area (Å²) in [6.45, 7) is 6.18. The zero-order valence-electron chi connectivity index (χ0n) is 27.6. The van der Waals surface area contributed by atoms with Crippen LogP contribution in [0.1, 0.15) is 67.6 Å². The Hall–Kier alpha value is -3.53. The van der Waals surface area contributed by atoms with Gasteiger partial charge in [-0.2, -0.15) is 0 Å². The summed E-state index contributed by atoms with van der Waals surface area (Å²) in [5.41, 5.74) is -0.108. The highest BCUT2D eigenvalue weighted by Gasteiger charge is 2.36. The number of rotatable bonds is 14. The number of sulfonamides is 1. The van der Waals surface area contributed by atoms with Crippen LogP contribution in [-0.2, 0) is 45.3 Å². The van der Waals surface area contributed by atoms with Crippen LogP contribution < -0.4 is 10.0 Å². The molecule has 1 aliphatic rings. The lowest BCUT2D eigenvalue weighted by atomic mass is 10.0. The van der Waals surface area contributed by atoms with Gasteiger partial charge in [-0.05, 0) is 100 Å². The molecule has 0 amide bonds. The first-order valence-corrected chi connectivity index (χ1v) is 19.4. The zero-order chi connectivity index (χ0) is 36.0. The first-order valence-electron chi connectivity index (χ1n) is 15.6. The van der Waals surface area contributed by atoms with Crippen molar-refractivity contribution in [1.29, 1.82) is 0 Å². The molecular weight excluding hydrogens is 696 g/mol. The minimum atomic E-state index is -4.15. The molecule has 0 aromatic heterocycles. The molecule has 15 heteroatoms. The predicted molar refractivity (Wildman–Crippen MR) is 184 cm³/mol. The van der Waals surface area contributed by atoms with Crippen LogP contribution in [-0.4, -0.2) is 71.2 Å². The van der Waals surface area contributed by atoms with Gasteiger partial charge >= 0.3 is 11.9 Å². The average Bonchev–Trinajstić information content (AvgIpc) is 3.01. The fourth-order valence-electron chi connectivity index (χ4n) is 5.19. The summed E-state index contributed by atoms with van der Waals surface area (Å²) in [6, 6.07) is 15.3. The molecule has 12 nitrogen and oxygen atoms in total. The van der Waals surface area contributed by atoms with Crippen molar-refractivity contribution < 1.29 is 45.7 Å². The van der Waals surface area contributed by atoms with Crippen LogP contribution >= 0.6 is 11.6 Å². The minimum Gasteiger partial charge on any atom is -0.478 e. The monoisotopic (exact) mass is 736 g/mol. The molecule has 3 aromatic carbocycles. The third kappa shape index (κ3) is 11.0. The van der Waals surface area contributed by atoms with Crippen LogP contribution in [0.3, 0.4) is 0 Å². The Morgan fingerprint density at radius 1 is 1.00 bits per heavy atom. The highest BCUT2D eigenvalue weighted by Crippen LogP contribution is 2.31. The predicted octanol–water partition coefficient (Wildman–Crippen LogP) is 5.37. The van der Waals surface area contributed by atoms with E-state index in [1.165, 1.54) is 12.1 Å². The van der Waals surface area contributed by atoms with Gasteiger partial charge in [-0.25, -0.2) is 21.6 Å². The number of nitrogens with one attached hydrogen (secondary N) is 2. The first kappa shape index (κ1) is 38.3. The van der Waals surface area contributed by atoms with E-state index in [-0.39, 0.29) is 15.5 Å². The molecule has 1 fully saturated rings. The van der Waals surface area contributed by atoms with E-state index in [1.807, 2.05) is 6.07 Å². The van der Waals surface area contributed by atoms with E-state index in [9.17, 15) is 31.5 Å². The summed E-state index contributed by atoms with van der Waals surface area (Å²) in [5, 5.41) is 13.3. The van der Waals surface area contributed by atoms with E-state index in [0.29, 0.717) is 36.6 Å². The molecule has 0 spiro atoms. The van der Waals surface area contributed by atoms with E-state index in [0.717, 1.165) is 42.9 Å². The summed E-state index contributed by atoms with van der Waals surface area (Å²) in [4.78, 5) is 25.0. The molecule has 0 aliphatic carbocycles. The van der Waals surface area contributed by atoms with Crippen molar-refractivity contribution in [3.8, 4) is 0 Å². The summed E-state index contributed by atoms with van der Waals surface area (Å²) < 4.78 is 70.1. The third-order valence-corrected chi connectivity index (χ3v) is 10.0. The maximum atomic E-state index is 13.6. The van der Waals surface area contributed by atoms with Gasteiger partial charge in [0, 0.05) is 18.2 Å². The molecule has 1 aliphatic heterocycles. The molecular formula is C34H41ClN2O10S2. The van der Waals surface area contributed by atoms with Gasteiger partial charge in [-0.1, -0.05) is 35.9 Å². The second-order valence-electron chi connectivity index (χ2n) is 12.7. The number of hydrogen-bond acceptors (Lipinski definition) is 10. The summed E-state index contributed by atoms with van der Waals surface area (Å²) in [6.07, 6.45) is 2.47. The molecule has 4 rings (SSSR count). The summed E-state index contributed by atoms with van der Waals surface area (Å²) >= 11 is 6.33. The zero-order valence-corrected chi connectivity index (χ0v) is 30.0. The SMILES string of the molecule is CC(C)(C)OC(=O)C(NCCc1ccc(S(=O)(=O)c2ccc(NS(C)(=O)=O)c(C(=O)O)c2)cc1)[C@H](OC1CCCCO1)c1cccc(Cl)c1. The third-order valence-electron chi connectivity index (χ3n) is 7.42. The van der Waals surface area contributed by atoms with Crippen molar-refractivity contribution in [2.45, 2.75) is 80.3 Å². The maximum Gasteiger partial charge on any atom is 0.337 e. The number of carboxylic acids is 1. The van der Waals surface area contributed by atoms with E-state index in [1.54, 1.807) is 51.1 Å². The number of ether oxygens (including phenoxy) is 3. The lowest BCUT2D eigenvalue weighted by Gasteiger charge is -2.33. The fourth-order valence-corrected chi connectivity index (χ4v) is 7.26. The molecule has 0 bridgehead atoms. The van der Waals surface area contributed by atoms with Crippen molar-refractivity contribution in [2.75, 3.05) is 24.1 Å². The molecule has 0 saturated carbocycles. The van der Waals surface area contributed by atoms with E-state index in [2.05, 4.69) is 10.0 Å². The van der Waals surface area contributed by atoms with Crippen molar-refractivity contribution in [1.82, 2.24) is 5.32 Å². The Labute approximate surface area is 292 Å². The van der Waals surface area contributed by atoms with Crippen molar-refractivity contribution in [3.05, 3.63) is 88.4 Å². The lowest BCUT2D eigenvalue weighted by molar-refractivity contribution is -0.202. The molecule has 3 N–H and O–H groups in total. The van der Waals surface area contributed by atoms with Crippen LogP contribution in [0.15, 0.2) is 76.5 Å². The van der Waals surface area contributed by atoms with Crippen molar-refractivity contribution in [2.24, 2.45) is 0 Å². The van der Waals surface area contributed by atoms with Gasteiger partial charge in [0.05, 0.1) is 27.3 Å². The van der Waals surface area contributed by atoms with Crippen LogP contribution in [0.25, 0.3) is 0 Å². The Morgan fingerprint density at radius 3 is 2.29 bits per heavy atom. The van der Waals surface area contributed by atoms with E-state index >= 15 is 0 Å². The molecule has 3 aromatic rings. The van der Waals surface area contributed by atoms with Gasteiger partial charge in [0.25, 0.3) is 0 Å². The van der Waals surface area contributed by atoms with Gasteiger partial charge in [0.1, 0.15) is 17.7 Å². The standard InChI is InChI=1S/C34H41ClN2O10S2/c1-34(2,3)47-33(40)30(31(23-8-7-9-24(35)20-23)46-29-10-5-6-19-45-29)36-18-17-22-11-13-25(14-12-22)49(43,44)26-15-16-28(37-48(4,41)42)27(21-26)32(38)39/h7-9,11-16,20-21,29-31,36-37H,5-6,10,17-19H2,1-4H3,(H,38,39)/t29?,30?,31-/m1/s1. The van der Waals surface area contributed by atoms with Gasteiger partial charge in [0.2, 0.25) is 19.9 Å². The number of halogens is 1. The second kappa shape index (κ2) is 16.0. The molecule has 266 valence electrons. The van der Waals surface area contributed by atoms with Crippen molar-refractivity contribution >= 4 is 49.1 Å². The lowest BCUT2D eigenvalue weighted by Crippen LogP contribution is -2.47. The van der Waals surface area contributed by atoms with Crippen LogP contribution in [0, 0.1) is 0 Å². The number of carbonyl (C=O) groups is 2. The quantitative estimate of drug-likeness (QED) is 0.182. The van der Waals surface area contributed by atoms with Crippen LogP contribution in [0.4, 0.5) is 5.69 Å². The van der Waals surface area contributed by atoms with E-state index < -0.39 is 61.4 Å². The average molecular weight is 737 g/mol. The van der Waals surface area contributed by atoms with Gasteiger partial charge in [-0.15, -0.1) is 0 Å². The number of sulfone groups is 1. The number of hydrogen-bond donors (Lipinski definition) is 3. The maximum absolute atomic E-state index is 13.6. The van der Waals surface area contributed by atoms with Gasteiger partial charge in [-0.3, -0.25) is 9.52 Å². The summed E-state index contributed by atoms with van der Waals surface area (Å²) in [5.74, 6) is -2.02. The Bertz CT molecular complexity index is 1850. The first-order chi connectivity index (χ1) is 22.9. The number of anilines is 1. The minimum absolute atomic E-state index is 0.0853. The number of esters is 1. The second-order valence-corrected chi connectivity index (χ2v) is 16.8. The number of carbonyl (C=O) groups excluding carboxylic acids is 1. The highest BCUT2D eigenvalue weighted by molar-refractivity contribution is 7.92. The van der Waals surface area contributed by atoms with Crippen LogP contribution in [0.2, 0.25) is 5.02 Å². The molecule has 2 unspecified atom stereocenters. The Balaban J connectivity index is 1.54. The normalized spacial score (nSPS) is 16.8. The molecule has 1 saturated heterocycles. The molecule has 49 heavy (non-hydrogen) atoms. The summed E-state index contributed by atoms with van der Waals surface area (Å²) in [7, 11) is -7.95. The van der Waals surface area contributed by atoms with E-state index in [4.69, 9.17) is 25.8 Å². The van der Waals surface area contributed by atoms with Gasteiger partial charge < -0.3 is 24.6 Å². The Kier molecular flexibility index (Phi) is 12.5. The smallest absolute Gasteiger partial charge is 0.337 e. The van der Waals surface area contributed by atoms with Crippen molar-refractivity contribution in [3.63, 3.8) is 0 Å². The number of benzene rings is 3. The fraction of sp³-hybridized carbons (Fsp3) is 0.412. The highest BCUT2D eigenvalue weighted by atomic mass is 35.5. The largest absolute Gasteiger partial charge is 0.478 e. The molecule has 1 heterocycles. The topological polar surface area (TPSA) is 174 Å². The number of carboxylic acid groups (broad SMARTS) is 1. The number of aromatic carboxylic acids is 1. The Morgan fingerprint density at radius 2 is 1.69 bits per heavy atom. The molecule has 3 atom stereocenters. The van der Waals surface area contributed by atoms with Crippen LogP contribution in [0.5, 0.6) is 0 Å².